The zero-order valence-corrected chi connectivity index (χ0v) is 8.27. The first-order valence-electron chi connectivity index (χ1n) is 5.14. The number of carboxylic acids is 1. The maximum Gasteiger partial charge on any atom is 0.326 e. The molecule has 2 fully saturated rings. The van der Waals surface area contributed by atoms with Crippen molar-refractivity contribution in [3.63, 3.8) is 0 Å². The van der Waals surface area contributed by atoms with Crippen LogP contribution in [0.15, 0.2) is 0 Å². The molecule has 0 spiro atoms. The fourth-order valence-electron chi connectivity index (χ4n) is 2.14. The SMILES string of the molecule is CC1CCN(C(=O)C2CC2)C1C(=O)O. The number of aliphatic carboxylic acids is 1. The van der Waals surface area contributed by atoms with E-state index in [1.165, 1.54) is 0 Å². The summed E-state index contributed by atoms with van der Waals surface area (Å²) in [7, 11) is 0. The van der Waals surface area contributed by atoms with E-state index in [2.05, 4.69) is 0 Å². The van der Waals surface area contributed by atoms with Gasteiger partial charge in [-0.05, 0) is 25.2 Å². The van der Waals surface area contributed by atoms with Gasteiger partial charge in [-0.3, -0.25) is 4.79 Å². The highest BCUT2D eigenvalue weighted by molar-refractivity contribution is 5.87. The smallest absolute Gasteiger partial charge is 0.326 e. The van der Waals surface area contributed by atoms with Crippen molar-refractivity contribution in [2.75, 3.05) is 6.54 Å². The summed E-state index contributed by atoms with van der Waals surface area (Å²) in [5.74, 6) is -0.580. The fourth-order valence-corrected chi connectivity index (χ4v) is 2.14. The second-order valence-electron chi connectivity index (χ2n) is 4.35. The lowest BCUT2D eigenvalue weighted by Gasteiger charge is -2.23. The van der Waals surface area contributed by atoms with E-state index in [1.54, 1.807) is 4.90 Å². The van der Waals surface area contributed by atoms with Gasteiger partial charge in [0.1, 0.15) is 6.04 Å². The minimum absolute atomic E-state index is 0.0572. The third kappa shape index (κ3) is 1.49. The number of likely N-dealkylation sites (tertiary alicyclic amines) is 1. The molecular weight excluding hydrogens is 182 g/mol. The van der Waals surface area contributed by atoms with Gasteiger partial charge in [0.2, 0.25) is 5.91 Å². The first-order valence-corrected chi connectivity index (χ1v) is 5.14. The average Bonchev–Trinajstić information content (AvgIpc) is 2.88. The van der Waals surface area contributed by atoms with E-state index in [-0.39, 0.29) is 17.7 Å². The molecule has 1 heterocycles. The van der Waals surface area contributed by atoms with E-state index in [4.69, 9.17) is 5.11 Å². The minimum atomic E-state index is -0.857. The number of rotatable bonds is 2. The van der Waals surface area contributed by atoms with Crippen molar-refractivity contribution in [1.82, 2.24) is 4.90 Å². The Morgan fingerprint density at radius 1 is 1.29 bits per heavy atom. The number of hydrogen-bond acceptors (Lipinski definition) is 2. The summed E-state index contributed by atoms with van der Waals surface area (Å²) in [4.78, 5) is 24.3. The largest absolute Gasteiger partial charge is 0.480 e. The molecule has 14 heavy (non-hydrogen) atoms. The Morgan fingerprint density at radius 3 is 2.43 bits per heavy atom. The molecule has 1 N–H and O–H groups in total. The maximum atomic E-state index is 11.7. The predicted octanol–water partition coefficient (Wildman–Crippen LogP) is 0.718. The van der Waals surface area contributed by atoms with E-state index < -0.39 is 12.0 Å². The molecule has 1 saturated heterocycles. The summed E-state index contributed by atoms with van der Waals surface area (Å²) in [6, 6.07) is -0.580. The summed E-state index contributed by atoms with van der Waals surface area (Å²) in [5, 5.41) is 9.01. The van der Waals surface area contributed by atoms with Crippen molar-refractivity contribution in [2.45, 2.75) is 32.2 Å². The highest BCUT2D eigenvalue weighted by Gasteiger charge is 2.43. The predicted molar refractivity (Wildman–Crippen MR) is 49.6 cm³/mol. The summed E-state index contributed by atoms with van der Waals surface area (Å²) in [6.07, 6.45) is 2.70. The van der Waals surface area contributed by atoms with Gasteiger partial charge in [0, 0.05) is 12.5 Å². The second-order valence-corrected chi connectivity index (χ2v) is 4.35. The Labute approximate surface area is 82.9 Å². The molecule has 2 unspecified atom stereocenters. The minimum Gasteiger partial charge on any atom is -0.480 e. The van der Waals surface area contributed by atoms with Crippen LogP contribution in [0.4, 0.5) is 0 Å². The summed E-state index contributed by atoms with van der Waals surface area (Å²) in [6.45, 7) is 2.52. The van der Waals surface area contributed by atoms with Crippen LogP contribution in [0.1, 0.15) is 26.2 Å². The van der Waals surface area contributed by atoms with Crippen LogP contribution in [0.3, 0.4) is 0 Å². The quantitative estimate of drug-likeness (QED) is 0.709. The highest BCUT2D eigenvalue weighted by atomic mass is 16.4. The molecule has 0 aromatic carbocycles. The molecule has 4 heteroatoms. The Hall–Kier alpha value is -1.06. The van der Waals surface area contributed by atoms with Gasteiger partial charge in [0.15, 0.2) is 0 Å². The van der Waals surface area contributed by atoms with Gasteiger partial charge in [0.25, 0.3) is 0 Å². The zero-order chi connectivity index (χ0) is 10.3. The number of hydrogen-bond donors (Lipinski definition) is 1. The van der Waals surface area contributed by atoms with E-state index in [0.717, 1.165) is 19.3 Å². The molecule has 2 aliphatic rings. The van der Waals surface area contributed by atoms with E-state index in [1.807, 2.05) is 6.92 Å². The Kier molecular flexibility index (Phi) is 2.21. The normalized spacial score (nSPS) is 31.9. The number of nitrogens with zero attached hydrogens (tertiary/aromatic N) is 1. The van der Waals surface area contributed by atoms with Crippen LogP contribution in [0, 0.1) is 11.8 Å². The molecule has 0 radical (unpaired) electrons. The topological polar surface area (TPSA) is 57.6 Å². The van der Waals surface area contributed by atoms with Gasteiger partial charge in [-0.15, -0.1) is 0 Å². The lowest BCUT2D eigenvalue weighted by Crippen LogP contribution is -2.43. The van der Waals surface area contributed by atoms with Crippen molar-refractivity contribution in [3.05, 3.63) is 0 Å². The fraction of sp³-hybridized carbons (Fsp3) is 0.800. The number of carbonyl (C=O) groups is 2. The van der Waals surface area contributed by atoms with Crippen LogP contribution in [0.25, 0.3) is 0 Å². The monoisotopic (exact) mass is 197 g/mol. The van der Waals surface area contributed by atoms with Crippen LogP contribution in [0.5, 0.6) is 0 Å². The summed E-state index contributed by atoms with van der Waals surface area (Å²) >= 11 is 0. The summed E-state index contributed by atoms with van der Waals surface area (Å²) < 4.78 is 0. The third-order valence-electron chi connectivity index (χ3n) is 3.16. The molecule has 2 rings (SSSR count). The third-order valence-corrected chi connectivity index (χ3v) is 3.16. The molecule has 1 aliphatic heterocycles. The van der Waals surface area contributed by atoms with Crippen LogP contribution in [-0.4, -0.2) is 34.5 Å². The first-order chi connectivity index (χ1) is 6.61. The standard InChI is InChI=1S/C10H15NO3/c1-6-4-5-11(8(6)10(13)14)9(12)7-2-3-7/h6-8H,2-5H2,1H3,(H,13,14). The summed E-state index contributed by atoms with van der Waals surface area (Å²) in [5.41, 5.74) is 0. The number of carbonyl (C=O) groups excluding carboxylic acids is 1. The van der Waals surface area contributed by atoms with Crippen molar-refractivity contribution in [3.8, 4) is 0 Å². The maximum absolute atomic E-state index is 11.7. The molecular formula is C10H15NO3. The second kappa shape index (κ2) is 3.26. The van der Waals surface area contributed by atoms with Crippen LogP contribution in [-0.2, 0) is 9.59 Å². The molecule has 2 atom stereocenters. The molecule has 0 aromatic rings. The molecule has 4 nitrogen and oxygen atoms in total. The van der Waals surface area contributed by atoms with Crippen molar-refractivity contribution < 1.29 is 14.7 Å². The van der Waals surface area contributed by atoms with Crippen molar-refractivity contribution >= 4 is 11.9 Å². The number of carboxylic acid groups (broad SMARTS) is 1. The van der Waals surface area contributed by atoms with Crippen molar-refractivity contribution in [2.24, 2.45) is 11.8 Å². The Bertz CT molecular complexity index is 273. The van der Waals surface area contributed by atoms with Crippen LogP contribution >= 0.6 is 0 Å². The average molecular weight is 197 g/mol. The first kappa shape index (κ1) is 9.49. The Balaban J connectivity index is 2.10. The van der Waals surface area contributed by atoms with Gasteiger partial charge in [0.05, 0.1) is 0 Å². The lowest BCUT2D eigenvalue weighted by molar-refractivity contribution is -0.149. The van der Waals surface area contributed by atoms with Crippen LogP contribution < -0.4 is 0 Å². The van der Waals surface area contributed by atoms with E-state index in [9.17, 15) is 9.59 Å². The van der Waals surface area contributed by atoms with Crippen molar-refractivity contribution in [1.29, 1.82) is 0 Å². The van der Waals surface area contributed by atoms with E-state index >= 15 is 0 Å². The molecule has 78 valence electrons. The lowest BCUT2D eigenvalue weighted by atomic mass is 10.0. The van der Waals surface area contributed by atoms with Gasteiger partial charge < -0.3 is 10.0 Å². The highest BCUT2D eigenvalue weighted by Crippen LogP contribution is 2.35. The molecule has 0 bridgehead atoms. The van der Waals surface area contributed by atoms with Gasteiger partial charge in [-0.1, -0.05) is 6.92 Å². The van der Waals surface area contributed by atoms with Crippen LogP contribution in [0.2, 0.25) is 0 Å². The number of amides is 1. The van der Waals surface area contributed by atoms with Gasteiger partial charge >= 0.3 is 5.97 Å². The molecule has 0 aromatic heterocycles. The molecule has 1 saturated carbocycles. The molecule has 1 amide bonds. The zero-order valence-electron chi connectivity index (χ0n) is 8.27. The van der Waals surface area contributed by atoms with Gasteiger partial charge in [-0.25, -0.2) is 4.79 Å². The van der Waals surface area contributed by atoms with Gasteiger partial charge in [-0.2, -0.15) is 0 Å². The molecule has 1 aliphatic carbocycles. The van der Waals surface area contributed by atoms with E-state index in [0.29, 0.717) is 6.54 Å². The Morgan fingerprint density at radius 2 is 1.93 bits per heavy atom.